The summed E-state index contributed by atoms with van der Waals surface area (Å²) in [5.41, 5.74) is 5.05. The van der Waals surface area contributed by atoms with Gasteiger partial charge in [0, 0.05) is 19.4 Å². The number of hydroxylamine groups is 2. The predicted octanol–water partition coefficient (Wildman–Crippen LogP) is 6.18. The lowest BCUT2D eigenvalue weighted by atomic mass is 10.0. The first-order chi connectivity index (χ1) is 21.0. The van der Waals surface area contributed by atoms with Crippen LogP contribution in [0.1, 0.15) is 130 Å². The molecule has 12 nitrogen and oxygen atoms in total. The molecule has 3 atom stereocenters. The molecule has 0 radical (unpaired) electrons. The van der Waals surface area contributed by atoms with E-state index in [1.54, 1.807) is 5.06 Å². The molecule has 1 fully saturated rings. The van der Waals surface area contributed by atoms with Crippen LogP contribution in [-0.2, 0) is 42.2 Å². The molecule has 2 unspecified atom stereocenters. The van der Waals surface area contributed by atoms with Crippen molar-refractivity contribution in [2.45, 2.75) is 148 Å². The maximum absolute atomic E-state index is 12.6. The first kappa shape index (κ1) is 40.9. The molecule has 0 aromatic rings. The first-order valence-electron chi connectivity index (χ1n) is 16.7. The molecule has 1 rings (SSSR count). The second-order valence-electron chi connectivity index (χ2n) is 12.3. The highest BCUT2D eigenvalue weighted by Crippen LogP contribution is 2.43. The highest BCUT2D eigenvalue weighted by molar-refractivity contribution is 7.47. The number of carbonyl (C=O) groups excluding carboxylic acids is 2. The van der Waals surface area contributed by atoms with Crippen LogP contribution in [0.25, 0.3) is 0 Å². The number of carbonyl (C=O) groups is 2. The number of esters is 2. The number of hydrogen-bond donors (Lipinski definition) is 2. The summed E-state index contributed by atoms with van der Waals surface area (Å²) >= 11 is 0. The van der Waals surface area contributed by atoms with Crippen molar-refractivity contribution in [2.24, 2.45) is 5.73 Å². The molecule has 0 aromatic heterocycles. The normalized spacial score (nSPS) is 17.7. The molecule has 260 valence electrons. The Balaban J connectivity index is 2.34. The van der Waals surface area contributed by atoms with E-state index >= 15 is 0 Å². The van der Waals surface area contributed by atoms with Crippen LogP contribution in [0.15, 0.2) is 0 Å². The molecule has 1 saturated heterocycles. The number of nitrogens with two attached hydrogens (primary N) is 1. The highest BCUT2D eigenvalue weighted by atomic mass is 31.2. The van der Waals surface area contributed by atoms with E-state index in [0.717, 1.165) is 12.8 Å². The Bertz CT molecular complexity index is 816. The smallest absolute Gasteiger partial charge is 0.462 e. The summed E-state index contributed by atoms with van der Waals surface area (Å²) in [6, 6.07) is 0. The Labute approximate surface area is 265 Å². The van der Waals surface area contributed by atoms with Crippen LogP contribution >= 0.6 is 7.82 Å². The van der Waals surface area contributed by atoms with Gasteiger partial charge in [-0.05, 0) is 33.6 Å². The molecule has 0 aliphatic carbocycles. The molecule has 1 heterocycles. The number of rotatable bonds is 28. The third-order valence-electron chi connectivity index (χ3n) is 7.41. The number of phosphoric acid groups is 1. The lowest BCUT2D eigenvalue weighted by Crippen LogP contribution is -2.42. The first-order valence-corrected chi connectivity index (χ1v) is 18.2. The summed E-state index contributed by atoms with van der Waals surface area (Å²) in [7, 11) is -4.41. The van der Waals surface area contributed by atoms with Gasteiger partial charge in [-0.3, -0.25) is 23.5 Å². The number of nitrogens with zero attached hydrogens (tertiary/aromatic N) is 1. The average molecular weight is 653 g/mol. The zero-order valence-electron chi connectivity index (χ0n) is 27.8. The van der Waals surface area contributed by atoms with Gasteiger partial charge >= 0.3 is 19.8 Å². The topological polar surface area (TPSA) is 156 Å². The van der Waals surface area contributed by atoms with Gasteiger partial charge in [0.25, 0.3) is 0 Å². The molecule has 0 amide bonds. The fourth-order valence-electron chi connectivity index (χ4n) is 4.68. The monoisotopic (exact) mass is 652 g/mol. The Morgan fingerprint density at radius 1 is 0.909 bits per heavy atom. The lowest BCUT2D eigenvalue weighted by Gasteiger charge is -2.30. The van der Waals surface area contributed by atoms with Crippen LogP contribution in [0.4, 0.5) is 0 Å². The molecule has 1 aliphatic rings. The zero-order valence-corrected chi connectivity index (χ0v) is 28.7. The van der Waals surface area contributed by atoms with Gasteiger partial charge in [0.1, 0.15) is 13.3 Å². The van der Waals surface area contributed by atoms with E-state index in [1.807, 2.05) is 20.8 Å². The van der Waals surface area contributed by atoms with Crippen LogP contribution in [0.3, 0.4) is 0 Å². The predicted molar refractivity (Wildman–Crippen MR) is 168 cm³/mol. The quantitative estimate of drug-likeness (QED) is 0.0563. The van der Waals surface area contributed by atoms with E-state index in [1.165, 1.54) is 64.2 Å². The fourth-order valence-corrected chi connectivity index (χ4v) is 5.44. The Kier molecular flexibility index (Phi) is 22.4. The van der Waals surface area contributed by atoms with Crippen molar-refractivity contribution < 1.29 is 47.1 Å². The van der Waals surface area contributed by atoms with Crippen molar-refractivity contribution in [2.75, 3.05) is 39.7 Å². The molecule has 3 N–H and O–H groups in total. The van der Waals surface area contributed by atoms with Gasteiger partial charge in [-0.2, -0.15) is 5.06 Å². The van der Waals surface area contributed by atoms with Gasteiger partial charge < -0.3 is 24.8 Å². The maximum Gasteiger partial charge on any atom is 0.472 e. The summed E-state index contributed by atoms with van der Waals surface area (Å²) in [4.78, 5) is 40.6. The van der Waals surface area contributed by atoms with Crippen molar-refractivity contribution in [3.63, 3.8) is 0 Å². The third kappa shape index (κ3) is 20.8. The summed E-state index contributed by atoms with van der Waals surface area (Å²) < 4.78 is 38.0. The number of unbranched alkanes of at least 4 members (excludes halogenated alkanes) is 12. The van der Waals surface area contributed by atoms with Crippen molar-refractivity contribution in [1.82, 2.24) is 5.06 Å². The molecule has 44 heavy (non-hydrogen) atoms. The van der Waals surface area contributed by atoms with Gasteiger partial charge in [-0.25, -0.2) is 4.57 Å². The number of hydrogen-bond acceptors (Lipinski definition) is 11. The second kappa shape index (κ2) is 24.1. The largest absolute Gasteiger partial charge is 0.472 e. The maximum atomic E-state index is 12.6. The van der Waals surface area contributed by atoms with Gasteiger partial charge in [0.15, 0.2) is 6.10 Å². The summed E-state index contributed by atoms with van der Waals surface area (Å²) in [5, 5.41) is 1.75. The minimum atomic E-state index is -4.41. The summed E-state index contributed by atoms with van der Waals surface area (Å²) in [6.07, 6.45) is 15.0. The van der Waals surface area contributed by atoms with E-state index in [4.69, 9.17) is 33.8 Å². The Morgan fingerprint density at radius 3 is 2.05 bits per heavy atom. The SMILES string of the molecule is CCCCCCCCCCCCCCCC(=O)OC[C@H](COP(=O)(O)OCCN)OC(=O)CCC(C)ON1COCC1(C)C. The van der Waals surface area contributed by atoms with Crippen LogP contribution in [0, 0.1) is 0 Å². The van der Waals surface area contributed by atoms with Gasteiger partial charge in [0.05, 0.1) is 31.5 Å². The van der Waals surface area contributed by atoms with Gasteiger partial charge in [-0.15, -0.1) is 0 Å². The summed E-state index contributed by atoms with van der Waals surface area (Å²) in [6.45, 7) is 8.05. The van der Waals surface area contributed by atoms with Gasteiger partial charge in [-0.1, -0.05) is 84.0 Å². The minimum absolute atomic E-state index is 0.0279. The Hall–Kier alpha value is -1.11. The molecule has 0 saturated carbocycles. The third-order valence-corrected chi connectivity index (χ3v) is 8.39. The standard InChI is InChI=1S/C31H61N2O10P/c1-5-6-7-8-9-10-11-12-13-14-15-16-17-18-29(34)39-23-28(24-41-44(36,37)40-22-21-32)42-30(35)20-19-27(2)43-33-26-38-25-31(33,3)4/h27-28H,5-26,32H2,1-4H3,(H,36,37)/t27?,28-/m1/s1. The van der Waals surface area contributed by atoms with Crippen molar-refractivity contribution in [3.8, 4) is 0 Å². The number of ether oxygens (including phenoxy) is 3. The van der Waals surface area contributed by atoms with Crippen LogP contribution in [0.5, 0.6) is 0 Å². The molecule has 13 heteroatoms. The van der Waals surface area contributed by atoms with E-state index in [9.17, 15) is 19.0 Å². The minimum Gasteiger partial charge on any atom is -0.462 e. The van der Waals surface area contributed by atoms with Crippen molar-refractivity contribution in [3.05, 3.63) is 0 Å². The van der Waals surface area contributed by atoms with E-state index < -0.39 is 32.5 Å². The van der Waals surface area contributed by atoms with E-state index in [0.29, 0.717) is 26.2 Å². The zero-order chi connectivity index (χ0) is 32.7. The summed E-state index contributed by atoms with van der Waals surface area (Å²) in [5.74, 6) is -0.993. The van der Waals surface area contributed by atoms with Crippen LogP contribution < -0.4 is 5.73 Å². The van der Waals surface area contributed by atoms with E-state index in [-0.39, 0.29) is 44.2 Å². The molecule has 0 spiro atoms. The van der Waals surface area contributed by atoms with E-state index in [2.05, 4.69) is 6.92 Å². The highest BCUT2D eigenvalue weighted by Gasteiger charge is 2.35. The van der Waals surface area contributed by atoms with Crippen LogP contribution in [-0.4, -0.2) is 79.3 Å². The average Bonchev–Trinajstić information content (AvgIpc) is 3.31. The van der Waals surface area contributed by atoms with Crippen molar-refractivity contribution in [1.29, 1.82) is 0 Å². The van der Waals surface area contributed by atoms with Gasteiger partial charge in [0.2, 0.25) is 0 Å². The fraction of sp³-hybridized carbons (Fsp3) is 0.935. The Morgan fingerprint density at radius 2 is 1.50 bits per heavy atom. The second-order valence-corrected chi connectivity index (χ2v) is 13.8. The van der Waals surface area contributed by atoms with Crippen LogP contribution in [0.2, 0.25) is 0 Å². The molecule has 0 aromatic carbocycles. The van der Waals surface area contributed by atoms with Crippen molar-refractivity contribution >= 4 is 19.8 Å². The molecule has 1 aliphatic heterocycles. The molecule has 0 bridgehead atoms. The number of phosphoric ester groups is 1. The lowest BCUT2D eigenvalue weighted by molar-refractivity contribution is -0.233. The molecular formula is C31H61N2O10P. The molecular weight excluding hydrogens is 591 g/mol.